The van der Waals surface area contributed by atoms with Crippen LogP contribution in [0.2, 0.25) is 0 Å². The molecule has 0 spiro atoms. The molecular formula is C16H17N3O. The van der Waals surface area contributed by atoms with Crippen molar-refractivity contribution in [2.45, 2.75) is 19.6 Å². The van der Waals surface area contributed by atoms with E-state index < -0.39 is 6.10 Å². The first-order chi connectivity index (χ1) is 9.61. The third kappa shape index (κ3) is 3.14. The Bertz CT molecular complexity index is 632. The lowest BCUT2D eigenvalue weighted by molar-refractivity contribution is 0.199. The van der Waals surface area contributed by atoms with E-state index >= 15 is 0 Å². The van der Waals surface area contributed by atoms with Crippen molar-refractivity contribution < 1.29 is 5.11 Å². The lowest BCUT2D eigenvalue weighted by Gasteiger charge is -2.22. The van der Waals surface area contributed by atoms with Crippen LogP contribution in [-0.2, 0) is 6.54 Å². The molecule has 0 fully saturated rings. The van der Waals surface area contributed by atoms with Crippen molar-refractivity contribution in [1.29, 1.82) is 5.26 Å². The second-order valence-electron chi connectivity index (χ2n) is 4.76. The van der Waals surface area contributed by atoms with Gasteiger partial charge < -0.3 is 10.0 Å². The summed E-state index contributed by atoms with van der Waals surface area (Å²) >= 11 is 0. The number of aliphatic hydroxyl groups is 1. The first-order valence-electron chi connectivity index (χ1n) is 6.45. The van der Waals surface area contributed by atoms with Crippen molar-refractivity contribution in [2.75, 3.05) is 11.9 Å². The minimum absolute atomic E-state index is 0.563. The van der Waals surface area contributed by atoms with Crippen LogP contribution in [0.5, 0.6) is 0 Å². The highest BCUT2D eigenvalue weighted by Crippen LogP contribution is 2.23. The number of rotatable bonds is 4. The third-order valence-electron chi connectivity index (χ3n) is 3.10. The standard InChI is InChI=1S/C16H17N3O/c1-12(20)15-7-4-8-18-16(15)19(2)11-14-6-3-5-13(9-14)10-17/h3-9,12,20H,11H2,1-2H3. The van der Waals surface area contributed by atoms with Gasteiger partial charge in [0.15, 0.2) is 0 Å². The lowest BCUT2D eigenvalue weighted by Crippen LogP contribution is -2.20. The SMILES string of the molecule is CC(O)c1cccnc1N(C)Cc1cccc(C#N)c1. The van der Waals surface area contributed by atoms with E-state index in [4.69, 9.17) is 5.26 Å². The van der Waals surface area contributed by atoms with E-state index in [0.29, 0.717) is 12.1 Å². The van der Waals surface area contributed by atoms with Gasteiger partial charge in [-0.2, -0.15) is 5.26 Å². The van der Waals surface area contributed by atoms with E-state index in [2.05, 4.69) is 11.1 Å². The van der Waals surface area contributed by atoms with Gasteiger partial charge in [0.05, 0.1) is 17.7 Å². The topological polar surface area (TPSA) is 60.2 Å². The van der Waals surface area contributed by atoms with E-state index in [1.165, 1.54) is 0 Å². The monoisotopic (exact) mass is 267 g/mol. The Kier molecular flexibility index (Phi) is 4.34. The maximum Gasteiger partial charge on any atom is 0.134 e. The molecule has 0 aliphatic heterocycles. The quantitative estimate of drug-likeness (QED) is 0.925. The number of hydrogen-bond acceptors (Lipinski definition) is 4. The van der Waals surface area contributed by atoms with Crippen molar-refractivity contribution in [1.82, 2.24) is 4.98 Å². The van der Waals surface area contributed by atoms with E-state index in [1.54, 1.807) is 19.2 Å². The van der Waals surface area contributed by atoms with Crippen LogP contribution in [-0.4, -0.2) is 17.1 Å². The van der Waals surface area contributed by atoms with Crippen LogP contribution in [0.1, 0.15) is 29.7 Å². The lowest BCUT2D eigenvalue weighted by atomic mass is 10.1. The largest absolute Gasteiger partial charge is 0.389 e. The van der Waals surface area contributed by atoms with Gasteiger partial charge in [-0.25, -0.2) is 4.98 Å². The average molecular weight is 267 g/mol. The summed E-state index contributed by atoms with van der Waals surface area (Å²) in [6.07, 6.45) is 1.15. The predicted octanol–water partition coefficient (Wildman–Crippen LogP) is 2.64. The van der Waals surface area contributed by atoms with Crippen molar-refractivity contribution in [3.8, 4) is 6.07 Å². The van der Waals surface area contributed by atoms with Gasteiger partial charge >= 0.3 is 0 Å². The molecule has 2 aromatic rings. The molecule has 1 unspecified atom stereocenters. The molecule has 0 aliphatic rings. The minimum Gasteiger partial charge on any atom is -0.389 e. The van der Waals surface area contributed by atoms with E-state index in [1.807, 2.05) is 42.3 Å². The van der Waals surface area contributed by atoms with Gasteiger partial charge in [-0.15, -0.1) is 0 Å². The molecule has 1 N–H and O–H groups in total. The molecule has 4 heteroatoms. The smallest absolute Gasteiger partial charge is 0.134 e. The number of aliphatic hydroxyl groups excluding tert-OH is 1. The van der Waals surface area contributed by atoms with Gasteiger partial charge in [-0.3, -0.25) is 0 Å². The number of hydrogen-bond donors (Lipinski definition) is 1. The van der Waals surface area contributed by atoms with Crippen molar-refractivity contribution in [2.24, 2.45) is 0 Å². The molecule has 0 bridgehead atoms. The molecule has 1 heterocycles. The van der Waals surface area contributed by atoms with Gasteiger partial charge in [0.1, 0.15) is 5.82 Å². The fraction of sp³-hybridized carbons (Fsp3) is 0.250. The van der Waals surface area contributed by atoms with Crippen molar-refractivity contribution in [3.63, 3.8) is 0 Å². The number of nitriles is 1. The van der Waals surface area contributed by atoms with Crippen LogP contribution < -0.4 is 4.90 Å². The van der Waals surface area contributed by atoms with Crippen molar-refractivity contribution >= 4 is 5.82 Å². The molecule has 2 rings (SSSR count). The molecule has 0 aliphatic carbocycles. The number of pyridine rings is 1. The molecule has 0 saturated carbocycles. The molecule has 0 saturated heterocycles. The zero-order chi connectivity index (χ0) is 14.5. The molecule has 1 atom stereocenters. The highest BCUT2D eigenvalue weighted by atomic mass is 16.3. The summed E-state index contributed by atoms with van der Waals surface area (Å²) in [5, 5.41) is 18.7. The first kappa shape index (κ1) is 14.0. The van der Waals surface area contributed by atoms with Gasteiger partial charge in [-0.05, 0) is 30.7 Å². The molecule has 1 aromatic heterocycles. The minimum atomic E-state index is -0.563. The Morgan fingerprint density at radius 2 is 2.15 bits per heavy atom. The Morgan fingerprint density at radius 3 is 2.85 bits per heavy atom. The highest BCUT2D eigenvalue weighted by molar-refractivity contribution is 5.48. The Balaban J connectivity index is 2.24. The molecule has 1 aromatic carbocycles. The Morgan fingerprint density at radius 1 is 1.35 bits per heavy atom. The maximum absolute atomic E-state index is 9.79. The average Bonchev–Trinajstić information content (AvgIpc) is 2.47. The third-order valence-corrected chi connectivity index (χ3v) is 3.10. The summed E-state index contributed by atoms with van der Waals surface area (Å²) in [5.74, 6) is 0.755. The Labute approximate surface area is 118 Å². The molecule has 102 valence electrons. The maximum atomic E-state index is 9.79. The zero-order valence-electron chi connectivity index (χ0n) is 11.6. The zero-order valence-corrected chi connectivity index (χ0v) is 11.6. The number of anilines is 1. The molecule has 20 heavy (non-hydrogen) atoms. The van der Waals surface area contributed by atoms with Crippen LogP contribution >= 0.6 is 0 Å². The molecule has 0 amide bonds. The second-order valence-corrected chi connectivity index (χ2v) is 4.76. The van der Waals surface area contributed by atoms with Gasteiger partial charge in [0, 0.05) is 25.4 Å². The van der Waals surface area contributed by atoms with Crippen LogP contribution in [0.25, 0.3) is 0 Å². The van der Waals surface area contributed by atoms with Gasteiger partial charge in [0.25, 0.3) is 0 Å². The summed E-state index contributed by atoms with van der Waals surface area (Å²) in [7, 11) is 1.92. The summed E-state index contributed by atoms with van der Waals surface area (Å²) in [6, 6.07) is 13.3. The molecule has 4 nitrogen and oxygen atoms in total. The number of nitrogens with zero attached hydrogens (tertiary/aromatic N) is 3. The summed E-state index contributed by atoms with van der Waals surface area (Å²) in [6.45, 7) is 2.36. The van der Waals surface area contributed by atoms with Gasteiger partial charge in [0.2, 0.25) is 0 Å². The van der Waals surface area contributed by atoms with Crippen LogP contribution in [0.3, 0.4) is 0 Å². The normalized spacial score (nSPS) is 11.7. The fourth-order valence-corrected chi connectivity index (χ4v) is 2.14. The van der Waals surface area contributed by atoms with E-state index in [9.17, 15) is 5.11 Å². The summed E-state index contributed by atoms with van der Waals surface area (Å²) in [4.78, 5) is 6.31. The van der Waals surface area contributed by atoms with E-state index in [0.717, 1.165) is 16.9 Å². The molecular weight excluding hydrogens is 250 g/mol. The van der Waals surface area contributed by atoms with Gasteiger partial charge in [-0.1, -0.05) is 18.2 Å². The summed E-state index contributed by atoms with van der Waals surface area (Å²) in [5.41, 5.74) is 2.48. The highest BCUT2D eigenvalue weighted by Gasteiger charge is 2.12. The van der Waals surface area contributed by atoms with E-state index in [-0.39, 0.29) is 0 Å². The summed E-state index contributed by atoms with van der Waals surface area (Å²) < 4.78 is 0. The van der Waals surface area contributed by atoms with Crippen LogP contribution in [0.4, 0.5) is 5.82 Å². The fourth-order valence-electron chi connectivity index (χ4n) is 2.14. The predicted molar refractivity (Wildman–Crippen MR) is 78.1 cm³/mol. The molecule has 0 radical (unpaired) electrons. The number of aromatic nitrogens is 1. The van der Waals surface area contributed by atoms with Crippen LogP contribution in [0.15, 0.2) is 42.6 Å². The first-order valence-corrected chi connectivity index (χ1v) is 6.45. The number of benzene rings is 1. The Hall–Kier alpha value is -2.38. The van der Waals surface area contributed by atoms with Crippen molar-refractivity contribution in [3.05, 3.63) is 59.3 Å². The second kappa shape index (κ2) is 6.18. The van der Waals surface area contributed by atoms with Crippen LogP contribution in [0, 0.1) is 11.3 Å².